The molecule has 24 heavy (non-hydrogen) atoms. The van der Waals surface area contributed by atoms with E-state index in [-0.39, 0.29) is 0 Å². The topological polar surface area (TPSA) is 48.0 Å². The molecule has 0 N–H and O–H groups in total. The van der Waals surface area contributed by atoms with Crippen molar-refractivity contribution in [2.24, 2.45) is 0 Å². The third kappa shape index (κ3) is 3.05. The Bertz CT molecular complexity index is 925. The standard InChI is InChI=1S/C18H17N5S/c1-14-20-21-18(23(14)11-15-7-3-2-4-8-15)24-13-16-12-22-10-6-5-9-17(22)19-16/h2-10,12H,11,13H2,1H3. The summed E-state index contributed by atoms with van der Waals surface area (Å²) in [4.78, 5) is 4.63. The van der Waals surface area contributed by atoms with Gasteiger partial charge in [0.2, 0.25) is 0 Å². The van der Waals surface area contributed by atoms with Crippen molar-refractivity contribution < 1.29 is 0 Å². The van der Waals surface area contributed by atoms with Gasteiger partial charge in [-0.15, -0.1) is 10.2 Å². The summed E-state index contributed by atoms with van der Waals surface area (Å²) in [6.45, 7) is 2.78. The Morgan fingerprint density at radius 3 is 2.67 bits per heavy atom. The van der Waals surface area contributed by atoms with Crippen LogP contribution in [-0.4, -0.2) is 24.1 Å². The smallest absolute Gasteiger partial charge is 0.191 e. The van der Waals surface area contributed by atoms with Crippen LogP contribution in [-0.2, 0) is 12.3 Å². The Hall–Kier alpha value is -2.60. The molecule has 0 spiro atoms. The van der Waals surface area contributed by atoms with Gasteiger partial charge in [-0.3, -0.25) is 0 Å². The van der Waals surface area contributed by atoms with Gasteiger partial charge in [-0.1, -0.05) is 48.2 Å². The van der Waals surface area contributed by atoms with E-state index in [9.17, 15) is 0 Å². The molecule has 0 fully saturated rings. The number of nitrogens with zero attached hydrogens (tertiary/aromatic N) is 5. The van der Waals surface area contributed by atoms with Crippen molar-refractivity contribution in [3.05, 3.63) is 78.0 Å². The molecule has 0 aliphatic rings. The van der Waals surface area contributed by atoms with E-state index in [1.54, 1.807) is 11.8 Å². The lowest BCUT2D eigenvalue weighted by atomic mass is 10.2. The van der Waals surface area contributed by atoms with Gasteiger partial charge in [-0.25, -0.2) is 4.98 Å². The zero-order chi connectivity index (χ0) is 16.4. The summed E-state index contributed by atoms with van der Waals surface area (Å²) in [5.74, 6) is 1.70. The number of hydrogen-bond acceptors (Lipinski definition) is 4. The Labute approximate surface area is 144 Å². The van der Waals surface area contributed by atoms with Crippen LogP contribution in [0.4, 0.5) is 0 Å². The summed E-state index contributed by atoms with van der Waals surface area (Å²) < 4.78 is 4.19. The molecule has 0 saturated heterocycles. The molecule has 0 unspecified atom stereocenters. The Kier molecular flexibility index (Phi) is 4.04. The van der Waals surface area contributed by atoms with E-state index in [0.29, 0.717) is 0 Å². The number of pyridine rings is 1. The number of hydrogen-bond donors (Lipinski definition) is 0. The van der Waals surface area contributed by atoms with Crippen LogP contribution in [0.15, 0.2) is 66.1 Å². The lowest BCUT2D eigenvalue weighted by Crippen LogP contribution is -2.03. The highest BCUT2D eigenvalue weighted by molar-refractivity contribution is 7.98. The van der Waals surface area contributed by atoms with E-state index in [0.717, 1.165) is 34.6 Å². The summed E-state index contributed by atoms with van der Waals surface area (Å²) in [5.41, 5.74) is 3.25. The van der Waals surface area contributed by atoms with Crippen LogP contribution in [0.25, 0.3) is 5.65 Å². The molecule has 0 saturated carbocycles. The van der Waals surface area contributed by atoms with Gasteiger partial charge in [0, 0.05) is 18.1 Å². The quantitative estimate of drug-likeness (QED) is 0.523. The lowest BCUT2D eigenvalue weighted by molar-refractivity contribution is 0.688. The fourth-order valence-corrected chi connectivity index (χ4v) is 3.48. The number of rotatable bonds is 5. The predicted octanol–water partition coefficient (Wildman–Crippen LogP) is 3.57. The van der Waals surface area contributed by atoms with Crippen molar-refractivity contribution in [2.75, 3.05) is 0 Å². The maximum atomic E-state index is 4.63. The van der Waals surface area contributed by atoms with Crippen molar-refractivity contribution in [3.8, 4) is 0 Å². The Morgan fingerprint density at radius 2 is 1.83 bits per heavy atom. The van der Waals surface area contributed by atoms with Crippen LogP contribution in [0.2, 0.25) is 0 Å². The number of aryl methyl sites for hydroxylation is 1. The Balaban J connectivity index is 1.52. The average molecular weight is 335 g/mol. The van der Waals surface area contributed by atoms with Gasteiger partial charge in [-0.05, 0) is 24.6 Å². The zero-order valence-electron chi connectivity index (χ0n) is 13.3. The first-order chi connectivity index (χ1) is 11.8. The third-order valence-corrected chi connectivity index (χ3v) is 4.85. The summed E-state index contributed by atoms with van der Waals surface area (Å²) in [6.07, 6.45) is 4.08. The minimum absolute atomic E-state index is 0.772. The highest BCUT2D eigenvalue weighted by Crippen LogP contribution is 2.22. The van der Waals surface area contributed by atoms with E-state index in [1.165, 1.54) is 5.56 Å². The molecule has 0 aliphatic heterocycles. The average Bonchev–Trinajstić information content (AvgIpc) is 3.18. The molecule has 0 atom stereocenters. The molecule has 120 valence electrons. The van der Waals surface area contributed by atoms with Crippen molar-refractivity contribution in [2.45, 2.75) is 24.4 Å². The molecule has 0 aliphatic carbocycles. The van der Waals surface area contributed by atoms with Crippen molar-refractivity contribution in [1.29, 1.82) is 0 Å². The maximum absolute atomic E-state index is 4.63. The second kappa shape index (κ2) is 6.49. The molecule has 1 aromatic carbocycles. The molecule has 3 heterocycles. The van der Waals surface area contributed by atoms with E-state index >= 15 is 0 Å². The van der Waals surface area contributed by atoms with Gasteiger partial charge >= 0.3 is 0 Å². The minimum Gasteiger partial charge on any atom is -0.307 e. The number of imidazole rings is 1. The first-order valence-corrected chi connectivity index (χ1v) is 8.77. The van der Waals surface area contributed by atoms with Crippen LogP contribution in [0.1, 0.15) is 17.1 Å². The van der Waals surface area contributed by atoms with Crippen molar-refractivity contribution >= 4 is 17.4 Å². The largest absolute Gasteiger partial charge is 0.307 e. The second-order valence-corrected chi connectivity index (χ2v) is 6.53. The summed E-state index contributed by atoms with van der Waals surface area (Å²) in [7, 11) is 0. The van der Waals surface area contributed by atoms with Gasteiger partial charge in [0.05, 0.1) is 12.2 Å². The van der Waals surface area contributed by atoms with Crippen molar-refractivity contribution in [3.63, 3.8) is 0 Å². The van der Waals surface area contributed by atoms with Crippen LogP contribution >= 0.6 is 11.8 Å². The Morgan fingerprint density at radius 1 is 1.00 bits per heavy atom. The van der Waals surface area contributed by atoms with E-state index in [1.807, 2.05) is 41.8 Å². The van der Waals surface area contributed by atoms with Gasteiger partial charge in [0.1, 0.15) is 11.5 Å². The van der Waals surface area contributed by atoms with Crippen LogP contribution in [0.5, 0.6) is 0 Å². The molecule has 3 aromatic heterocycles. The molecule has 0 radical (unpaired) electrons. The summed E-state index contributed by atoms with van der Waals surface area (Å²) >= 11 is 1.67. The first kappa shape index (κ1) is 15.0. The zero-order valence-corrected chi connectivity index (χ0v) is 14.1. The first-order valence-electron chi connectivity index (χ1n) is 7.79. The van der Waals surface area contributed by atoms with Gasteiger partial charge in [-0.2, -0.15) is 0 Å². The molecule has 6 heteroatoms. The van der Waals surface area contributed by atoms with Gasteiger partial charge in [0.25, 0.3) is 0 Å². The molecule has 0 bridgehead atoms. The van der Waals surface area contributed by atoms with Gasteiger partial charge in [0.15, 0.2) is 5.16 Å². The molecule has 5 nitrogen and oxygen atoms in total. The SMILES string of the molecule is Cc1nnc(SCc2cn3ccccc3n2)n1Cc1ccccc1. The second-order valence-electron chi connectivity index (χ2n) is 5.59. The molecular weight excluding hydrogens is 318 g/mol. The van der Waals surface area contributed by atoms with E-state index in [4.69, 9.17) is 0 Å². The normalized spacial score (nSPS) is 11.2. The fourth-order valence-electron chi connectivity index (χ4n) is 2.61. The van der Waals surface area contributed by atoms with Crippen LogP contribution < -0.4 is 0 Å². The highest BCUT2D eigenvalue weighted by atomic mass is 32.2. The number of benzene rings is 1. The van der Waals surface area contributed by atoms with E-state index < -0.39 is 0 Å². The van der Waals surface area contributed by atoms with E-state index in [2.05, 4.69) is 50.2 Å². The molecule has 4 aromatic rings. The number of aromatic nitrogens is 5. The number of fused-ring (bicyclic) bond motifs is 1. The summed E-state index contributed by atoms with van der Waals surface area (Å²) in [6, 6.07) is 16.4. The lowest BCUT2D eigenvalue weighted by Gasteiger charge is -2.07. The summed E-state index contributed by atoms with van der Waals surface area (Å²) in [5, 5.41) is 9.48. The highest BCUT2D eigenvalue weighted by Gasteiger charge is 2.11. The van der Waals surface area contributed by atoms with Gasteiger partial charge < -0.3 is 8.97 Å². The molecule has 4 rings (SSSR count). The van der Waals surface area contributed by atoms with Crippen molar-refractivity contribution in [1.82, 2.24) is 24.1 Å². The molecule has 0 amide bonds. The number of thioether (sulfide) groups is 1. The van der Waals surface area contributed by atoms with Crippen LogP contribution in [0, 0.1) is 6.92 Å². The fraction of sp³-hybridized carbons (Fsp3) is 0.167. The third-order valence-electron chi connectivity index (χ3n) is 3.85. The maximum Gasteiger partial charge on any atom is 0.191 e. The minimum atomic E-state index is 0.772. The van der Waals surface area contributed by atoms with Crippen LogP contribution in [0.3, 0.4) is 0 Å². The predicted molar refractivity (Wildman–Crippen MR) is 95.1 cm³/mol. The molecular formula is C18H17N5S. The monoisotopic (exact) mass is 335 g/mol.